The highest BCUT2D eigenvalue weighted by Crippen LogP contribution is 2.23. The Labute approximate surface area is 171 Å². The molecule has 7 heteroatoms. The van der Waals surface area contributed by atoms with Gasteiger partial charge < -0.3 is 14.8 Å². The Hall–Kier alpha value is -2.67. The largest absolute Gasteiger partial charge is 0.355 e. The first kappa shape index (κ1) is 21.0. The van der Waals surface area contributed by atoms with Gasteiger partial charge in [0.25, 0.3) is 5.91 Å². The van der Waals surface area contributed by atoms with Gasteiger partial charge in [-0.15, -0.1) is 0 Å². The molecule has 1 saturated heterocycles. The summed E-state index contributed by atoms with van der Waals surface area (Å²) in [5, 5.41) is 2.89. The number of aromatic nitrogens is 1. The lowest BCUT2D eigenvalue weighted by Gasteiger charge is -2.34. The summed E-state index contributed by atoms with van der Waals surface area (Å²) >= 11 is 0. The van der Waals surface area contributed by atoms with Gasteiger partial charge in [0, 0.05) is 49.8 Å². The quantitative estimate of drug-likeness (QED) is 0.811. The van der Waals surface area contributed by atoms with Crippen molar-refractivity contribution in [3.05, 3.63) is 53.1 Å². The van der Waals surface area contributed by atoms with Crippen molar-refractivity contribution in [2.45, 2.75) is 27.2 Å². The molecule has 2 heterocycles. The van der Waals surface area contributed by atoms with Crippen LogP contribution >= 0.6 is 0 Å². The fraction of sp³-hybridized carbons (Fsp3) is 0.455. The van der Waals surface area contributed by atoms with E-state index in [1.807, 2.05) is 36.3 Å². The van der Waals surface area contributed by atoms with E-state index in [1.165, 1.54) is 12.1 Å². The maximum atomic E-state index is 13.3. The van der Waals surface area contributed by atoms with Crippen molar-refractivity contribution < 1.29 is 14.0 Å². The Morgan fingerprint density at radius 2 is 1.72 bits per heavy atom. The Bertz CT molecular complexity index is 868. The summed E-state index contributed by atoms with van der Waals surface area (Å²) < 4.78 is 15.2. The average Bonchev–Trinajstić information content (AvgIpc) is 3.01. The molecule has 156 valence electrons. The second-order valence-corrected chi connectivity index (χ2v) is 7.51. The van der Waals surface area contributed by atoms with Gasteiger partial charge in [-0.05, 0) is 50.6 Å². The van der Waals surface area contributed by atoms with Gasteiger partial charge in [0.1, 0.15) is 5.82 Å². The van der Waals surface area contributed by atoms with Crippen LogP contribution in [0.25, 0.3) is 5.69 Å². The molecule has 0 radical (unpaired) electrons. The fourth-order valence-corrected chi connectivity index (χ4v) is 3.77. The van der Waals surface area contributed by atoms with Crippen LogP contribution in [-0.2, 0) is 4.79 Å². The SMILES string of the molecule is CCCNC(=O)CN1CCN(C(=O)c2cc(C)n(-c3ccc(F)cc3)c2C)CC1. The molecule has 0 unspecified atom stereocenters. The van der Waals surface area contributed by atoms with E-state index in [4.69, 9.17) is 0 Å². The van der Waals surface area contributed by atoms with Crippen molar-refractivity contribution in [1.29, 1.82) is 0 Å². The normalized spacial score (nSPS) is 14.8. The van der Waals surface area contributed by atoms with Crippen LogP contribution in [-0.4, -0.2) is 65.4 Å². The number of hydrogen-bond donors (Lipinski definition) is 1. The van der Waals surface area contributed by atoms with Gasteiger partial charge in [0.05, 0.1) is 12.1 Å². The minimum absolute atomic E-state index is 0.00143. The molecule has 29 heavy (non-hydrogen) atoms. The van der Waals surface area contributed by atoms with Crippen LogP contribution in [0.1, 0.15) is 35.1 Å². The number of rotatable bonds is 6. The first-order chi connectivity index (χ1) is 13.9. The molecule has 0 bridgehead atoms. The number of halogens is 1. The first-order valence-electron chi connectivity index (χ1n) is 10.1. The van der Waals surface area contributed by atoms with Gasteiger partial charge in [-0.3, -0.25) is 14.5 Å². The highest BCUT2D eigenvalue weighted by molar-refractivity contribution is 5.96. The lowest BCUT2D eigenvalue weighted by molar-refractivity contribution is -0.122. The Kier molecular flexibility index (Phi) is 6.69. The van der Waals surface area contributed by atoms with Crippen LogP contribution in [0.2, 0.25) is 0 Å². The van der Waals surface area contributed by atoms with Crippen molar-refractivity contribution in [2.24, 2.45) is 0 Å². The van der Waals surface area contributed by atoms with Crippen molar-refractivity contribution in [1.82, 2.24) is 19.7 Å². The molecule has 0 spiro atoms. The first-order valence-corrected chi connectivity index (χ1v) is 10.1. The van der Waals surface area contributed by atoms with Crippen LogP contribution in [0, 0.1) is 19.7 Å². The van der Waals surface area contributed by atoms with Crippen LogP contribution in [0.5, 0.6) is 0 Å². The molecule has 1 aliphatic rings. The third-order valence-electron chi connectivity index (χ3n) is 5.35. The number of nitrogens with zero attached hydrogens (tertiary/aromatic N) is 3. The van der Waals surface area contributed by atoms with Gasteiger partial charge in [-0.2, -0.15) is 0 Å². The molecule has 1 aromatic heterocycles. The third kappa shape index (κ3) is 4.85. The van der Waals surface area contributed by atoms with Crippen molar-refractivity contribution in [3.8, 4) is 5.69 Å². The summed E-state index contributed by atoms with van der Waals surface area (Å²) in [6.45, 7) is 9.52. The smallest absolute Gasteiger partial charge is 0.255 e. The van der Waals surface area contributed by atoms with E-state index < -0.39 is 0 Å². The van der Waals surface area contributed by atoms with E-state index in [0.29, 0.717) is 44.8 Å². The molecule has 6 nitrogen and oxygen atoms in total. The molecule has 1 aliphatic heterocycles. The number of carbonyl (C=O) groups is 2. The molecule has 0 atom stereocenters. The summed E-state index contributed by atoms with van der Waals surface area (Å²) in [5.74, 6) is -0.246. The number of amides is 2. The lowest BCUT2D eigenvalue weighted by atomic mass is 10.2. The van der Waals surface area contributed by atoms with Gasteiger partial charge in [-0.1, -0.05) is 6.92 Å². The van der Waals surface area contributed by atoms with E-state index in [2.05, 4.69) is 10.2 Å². The molecule has 0 saturated carbocycles. The number of hydrogen-bond acceptors (Lipinski definition) is 3. The molecule has 1 N–H and O–H groups in total. The Balaban J connectivity index is 1.65. The van der Waals surface area contributed by atoms with Gasteiger partial charge in [0.15, 0.2) is 0 Å². The van der Waals surface area contributed by atoms with Gasteiger partial charge in [-0.25, -0.2) is 4.39 Å². The number of carbonyl (C=O) groups excluding carboxylic acids is 2. The number of piperazine rings is 1. The monoisotopic (exact) mass is 400 g/mol. The summed E-state index contributed by atoms with van der Waals surface area (Å²) in [7, 11) is 0. The minimum atomic E-state index is -0.284. The van der Waals surface area contributed by atoms with E-state index in [0.717, 1.165) is 23.5 Å². The second-order valence-electron chi connectivity index (χ2n) is 7.51. The van der Waals surface area contributed by atoms with Crippen molar-refractivity contribution in [2.75, 3.05) is 39.3 Å². The maximum absolute atomic E-state index is 13.3. The molecular weight excluding hydrogens is 371 g/mol. The molecule has 1 aromatic carbocycles. The lowest BCUT2D eigenvalue weighted by Crippen LogP contribution is -2.51. The maximum Gasteiger partial charge on any atom is 0.255 e. The molecule has 2 amide bonds. The molecule has 2 aromatic rings. The Morgan fingerprint density at radius 1 is 1.07 bits per heavy atom. The highest BCUT2D eigenvalue weighted by Gasteiger charge is 2.26. The van der Waals surface area contributed by atoms with Gasteiger partial charge in [0.2, 0.25) is 5.91 Å². The zero-order chi connectivity index (χ0) is 21.0. The predicted octanol–water partition coefficient (Wildman–Crippen LogP) is 2.52. The number of benzene rings is 1. The topological polar surface area (TPSA) is 57.6 Å². The Morgan fingerprint density at radius 3 is 2.34 bits per heavy atom. The summed E-state index contributed by atoms with van der Waals surface area (Å²) in [6, 6.07) is 8.17. The summed E-state index contributed by atoms with van der Waals surface area (Å²) in [5.41, 5.74) is 3.29. The second kappa shape index (κ2) is 9.22. The molecule has 0 aliphatic carbocycles. The van der Waals surface area contributed by atoms with Crippen molar-refractivity contribution in [3.63, 3.8) is 0 Å². The standard InChI is InChI=1S/C22H29FN4O2/c1-4-9-24-21(28)15-25-10-12-26(13-11-25)22(29)20-14-16(2)27(17(20)3)19-7-5-18(23)6-8-19/h5-8,14H,4,9-13,15H2,1-3H3,(H,24,28). The minimum Gasteiger partial charge on any atom is -0.355 e. The van der Waals surface area contributed by atoms with E-state index in [9.17, 15) is 14.0 Å². The van der Waals surface area contributed by atoms with E-state index in [-0.39, 0.29) is 17.6 Å². The average molecular weight is 400 g/mol. The molecule has 1 fully saturated rings. The zero-order valence-electron chi connectivity index (χ0n) is 17.4. The molecular formula is C22H29FN4O2. The fourth-order valence-electron chi connectivity index (χ4n) is 3.77. The number of aryl methyl sites for hydroxylation is 1. The predicted molar refractivity (Wildman–Crippen MR) is 111 cm³/mol. The van der Waals surface area contributed by atoms with Gasteiger partial charge >= 0.3 is 0 Å². The van der Waals surface area contributed by atoms with Crippen LogP contribution in [0.3, 0.4) is 0 Å². The molecule has 3 rings (SSSR count). The van der Waals surface area contributed by atoms with Crippen molar-refractivity contribution >= 4 is 11.8 Å². The van der Waals surface area contributed by atoms with Crippen LogP contribution < -0.4 is 5.32 Å². The van der Waals surface area contributed by atoms with Crippen LogP contribution in [0.4, 0.5) is 4.39 Å². The number of nitrogens with one attached hydrogen (secondary N) is 1. The summed E-state index contributed by atoms with van der Waals surface area (Å²) in [6.07, 6.45) is 0.921. The zero-order valence-corrected chi connectivity index (χ0v) is 17.4. The van der Waals surface area contributed by atoms with E-state index in [1.54, 1.807) is 12.1 Å². The van der Waals surface area contributed by atoms with Crippen LogP contribution in [0.15, 0.2) is 30.3 Å². The highest BCUT2D eigenvalue weighted by atomic mass is 19.1. The summed E-state index contributed by atoms with van der Waals surface area (Å²) in [4.78, 5) is 28.9. The van der Waals surface area contributed by atoms with E-state index >= 15 is 0 Å². The third-order valence-corrected chi connectivity index (χ3v) is 5.35.